The molecule has 0 spiro atoms. The molecule has 1 aliphatic rings. The van der Waals surface area contributed by atoms with Crippen LogP contribution in [0.4, 0.5) is 5.82 Å². The Labute approximate surface area is 193 Å². The number of carbonyl (C=O) groups excluding carboxylic acids is 2. The van der Waals surface area contributed by atoms with Gasteiger partial charge in [-0.15, -0.1) is 11.8 Å². The second-order valence-electron chi connectivity index (χ2n) is 10.00. The van der Waals surface area contributed by atoms with Crippen molar-refractivity contribution >= 4 is 40.7 Å². The van der Waals surface area contributed by atoms with Crippen molar-refractivity contribution in [3.63, 3.8) is 0 Å². The van der Waals surface area contributed by atoms with Crippen molar-refractivity contribution in [3.8, 4) is 0 Å². The summed E-state index contributed by atoms with van der Waals surface area (Å²) in [5.74, 6) is 0.889. The Morgan fingerprint density at radius 1 is 1.26 bits per heavy atom. The van der Waals surface area contributed by atoms with Gasteiger partial charge in [0.2, 0.25) is 11.8 Å². The Morgan fingerprint density at radius 2 is 1.97 bits per heavy atom. The Balaban J connectivity index is 2.25. The zero-order valence-electron chi connectivity index (χ0n) is 19.6. The fourth-order valence-electron chi connectivity index (χ4n) is 3.69. The molecule has 1 aliphatic heterocycles. The molecule has 1 atom stereocenters. The first-order valence-corrected chi connectivity index (χ1v) is 12.8. The molecular weight excluding hydrogens is 428 g/mol. The second kappa shape index (κ2) is 8.98. The molecule has 0 fully saturated rings. The predicted molar refractivity (Wildman–Crippen MR) is 130 cm³/mol. The Morgan fingerprint density at radius 3 is 2.52 bits per heavy atom. The van der Waals surface area contributed by atoms with Crippen LogP contribution >= 0.6 is 23.1 Å². The third kappa shape index (κ3) is 5.00. The Hall–Kier alpha value is -1.80. The molecule has 0 unspecified atom stereocenters. The number of anilines is 1. The molecule has 1 N–H and O–H groups in total. The number of hydrogen-bond donors (Lipinski definition) is 1. The van der Waals surface area contributed by atoms with Gasteiger partial charge in [0, 0.05) is 17.5 Å². The van der Waals surface area contributed by atoms with Crippen LogP contribution in [0.3, 0.4) is 0 Å². The van der Waals surface area contributed by atoms with Gasteiger partial charge in [-0.2, -0.15) is 16.4 Å². The summed E-state index contributed by atoms with van der Waals surface area (Å²) in [6, 6.07) is 2.13. The largest absolute Gasteiger partial charge is 0.355 e. The van der Waals surface area contributed by atoms with Crippen molar-refractivity contribution in [1.82, 2.24) is 15.1 Å². The molecule has 0 radical (unpaired) electrons. The van der Waals surface area contributed by atoms with E-state index in [0.717, 1.165) is 23.5 Å². The Bertz CT molecular complexity index is 936. The lowest BCUT2D eigenvalue weighted by Crippen LogP contribution is -2.43. The standard InChI is InChI=1S/C23H34N4O2S2/c1-8-10-24-16(28)12-26-17(29)14-31-19(15-9-11-30-13-15)18-20(22(2,3)4)25-27(21(18)26)23(5,6)7/h9,11,13,19H,8,10,12,14H2,1-7H3,(H,24,28)/t19-/m1/s1. The van der Waals surface area contributed by atoms with Crippen LogP contribution < -0.4 is 10.2 Å². The van der Waals surface area contributed by atoms with Crippen molar-refractivity contribution < 1.29 is 9.59 Å². The Kier molecular flexibility index (Phi) is 6.91. The molecule has 0 saturated heterocycles. The summed E-state index contributed by atoms with van der Waals surface area (Å²) in [4.78, 5) is 27.7. The number of nitrogens with zero attached hydrogens (tertiary/aromatic N) is 3. The SMILES string of the molecule is CCCNC(=O)CN1C(=O)CS[C@H](c2ccsc2)c2c(C(C)(C)C)nn(C(C)(C)C)c21. The third-order valence-corrected chi connectivity index (χ3v) is 7.11. The van der Waals surface area contributed by atoms with E-state index in [2.05, 4.69) is 63.7 Å². The number of thioether (sulfide) groups is 1. The first-order chi connectivity index (χ1) is 14.4. The zero-order valence-corrected chi connectivity index (χ0v) is 21.2. The predicted octanol–water partition coefficient (Wildman–Crippen LogP) is 4.69. The van der Waals surface area contributed by atoms with Gasteiger partial charge < -0.3 is 5.32 Å². The van der Waals surface area contributed by atoms with Crippen molar-refractivity contribution in [1.29, 1.82) is 0 Å². The highest BCUT2D eigenvalue weighted by Gasteiger charge is 2.41. The minimum Gasteiger partial charge on any atom is -0.355 e. The number of hydrogen-bond acceptors (Lipinski definition) is 5. The number of carbonyl (C=O) groups is 2. The number of nitrogens with one attached hydrogen (secondary N) is 1. The molecule has 2 aromatic rings. The van der Waals surface area contributed by atoms with Gasteiger partial charge in [-0.3, -0.25) is 14.5 Å². The van der Waals surface area contributed by atoms with E-state index in [1.54, 1.807) is 28.0 Å². The molecule has 0 bridgehead atoms. The fraction of sp³-hybridized carbons (Fsp3) is 0.609. The number of rotatable bonds is 5. The monoisotopic (exact) mass is 462 g/mol. The van der Waals surface area contributed by atoms with Gasteiger partial charge in [-0.1, -0.05) is 27.7 Å². The third-order valence-electron chi connectivity index (χ3n) is 5.15. The molecule has 170 valence electrons. The van der Waals surface area contributed by atoms with Crippen LogP contribution in [-0.2, 0) is 20.5 Å². The summed E-state index contributed by atoms with van der Waals surface area (Å²) in [6.07, 6.45) is 0.856. The van der Waals surface area contributed by atoms with Gasteiger partial charge in [0.25, 0.3) is 0 Å². The minimum absolute atomic E-state index is 0.000715. The van der Waals surface area contributed by atoms with E-state index < -0.39 is 0 Å². The number of aromatic nitrogens is 2. The summed E-state index contributed by atoms with van der Waals surface area (Å²) >= 11 is 3.28. The number of fused-ring (bicyclic) bond motifs is 1. The van der Waals surface area contributed by atoms with Crippen LogP contribution in [0.1, 0.15) is 77.0 Å². The normalized spacial score (nSPS) is 17.5. The van der Waals surface area contributed by atoms with Gasteiger partial charge in [-0.25, -0.2) is 4.68 Å². The van der Waals surface area contributed by atoms with Crippen LogP contribution in [0.25, 0.3) is 0 Å². The first kappa shape index (κ1) is 23.9. The molecular formula is C23H34N4O2S2. The van der Waals surface area contributed by atoms with Crippen LogP contribution in [0.2, 0.25) is 0 Å². The number of thiophene rings is 1. The van der Waals surface area contributed by atoms with E-state index in [4.69, 9.17) is 5.10 Å². The fourth-order valence-corrected chi connectivity index (χ4v) is 5.65. The molecule has 2 aromatic heterocycles. The molecule has 0 aliphatic carbocycles. The first-order valence-electron chi connectivity index (χ1n) is 10.8. The van der Waals surface area contributed by atoms with E-state index in [0.29, 0.717) is 12.3 Å². The van der Waals surface area contributed by atoms with E-state index in [-0.39, 0.29) is 34.6 Å². The summed E-state index contributed by atoms with van der Waals surface area (Å²) in [5.41, 5.74) is 2.66. The smallest absolute Gasteiger partial charge is 0.240 e. The lowest BCUT2D eigenvalue weighted by molar-refractivity contribution is -0.122. The maximum Gasteiger partial charge on any atom is 0.240 e. The summed E-state index contributed by atoms with van der Waals surface area (Å²) in [6.45, 7) is 15.4. The van der Waals surface area contributed by atoms with Gasteiger partial charge in [0.05, 0.1) is 22.2 Å². The topological polar surface area (TPSA) is 67.2 Å². The summed E-state index contributed by atoms with van der Waals surface area (Å²) < 4.78 is 1.96. The van der Waals surface area contributed by atoms with Crippen molar-refractivity contribution in [3.05, 3.63) is 33.6 Å². The quantitative estimate of drug-likeness (QED) is 0.700. The van der Waals surface area contributed by atoms with Crippen LogP contribution in [0.15, 0.2) is 16.8 Å². The molecule has 6 nitrogen and oxygen atoms in total. The van der Waals surface area contributed by atoms with Crippen molar-refractivity contribution in [2.24, 2.45) is 0 Å². The lowest BCUT2D eigenvalue weighted by atomic mass is 9.87. The summed E-state index contributed by atoms with van der Waals surface area (Å²) in [5, 5.41) is 12.2. The van der Waals surface area contributed by atoms with E-state index >= 15 is 0 Å². The lowest BCUT2D eigenvalue weighted by Gasteiger charge is -2.28. The van der Waals surface area contributed by atoms with Gasteiger partial charge in [-0.05, 0) is 49.6 Å². The zero-order chi connectivity index (χ0) is 23.0. The molecule has 31 heavy (non-hydrogen) atoms. The highest BCUT2D eigenvalue weighted by Crippen LogP contribution is 2.49. The number of amides is 2. The molecule has 3 heterocycles. The van der Waals surface area contributed by atoms with E-state index in [1.807, 2.05) is 11.6 Å². The average molecular weight is 463 g/mol. The molecule has 3 rings (SSSR count). The van der Waals surface area contributed by atoms with Crippen molar-refractivity contribution in [2.45, 2.75) is 71.1 Å². The molecule has 0 saturated carbocycles. The average Bonchev–Trinajstić information content (AvgIpc) is 3.30. The van der Waals surface area contributed by atoms with Crippen molar-refractivity contribution in [2.75, 3.05) is 23.7 Å². The molecule has 8 heteroatoms. The van der Waals surface area contributed by atoms with Gasteiger partial charge >= 0.3 is 0 Å². The maximum atomic E-state index is 13.3. The highest BCUT2D eigenvalue weighted by molar-refractivity contribution is 8.00. The van der Waals surface area contributed by atoms with Crippen LogP contribution in [0, 0.1) is 0 Å². The van der Waals surface area contributed by atoms with E-state index in [9.17, 15) is 9.59 Å². The molecule has 2 amide bonds. The summed E-state index contributed by atoms with van der Waals surface area (Å²) in [7, 11) is 0. The minimum atomic E-state index is -0.347. The van der Waals surface area contributed by atoms with Crippen LogP contribution in [0.5, 0.6) is 0 Å². The second-order valence-corrected chi connectivity index (χ2v) is 11.9. The van der Waals surface area contributed by atoms with E-state index in [1.165, 1.54) is 5.56 Å². The maximum absolute atomic E-state index is 13.3. The molecule has 0 aromatic carbocycles. The highest BCUT2D eigenvalue weighted by atomic mass is 32.2. The van der Waals surface area contributed by atoms with Gasteiger partial charge in [0.1, 0.15) is 12.4 Å². The van der Waals surface area contributed by atoms with Crippen LogP contribution in [-0.4, -0.2) is 40.4 Å². The van der Waals surface area contributed by atoms with Gasteiger partial charge in [0.15, 0.2) is 0 Å².